The van der Waals surface area contributed by atoms with Gasteiger partial charge in [0.15, 0.2) is 17.5 Å². The molecule has 3 aromatic heterocycles. The van der Waals surface area contributed by atoms with Gasteiger partial charge in [-0.1, -0.05) is 12.1 Å². The van der Waals surface area contributed by atoms with E-state index in [4.69, 9.17) is 5.73 Å². The van der Waals surface area contributed by atoms with Crippen molar-refractivity contribution in [1.29, 1.82) is 0 Å². The molecule has 0 spiro atoms. The predicted octanol–water partition coefficient (Wildman–Crippen LogP) is 5.85. The molecule has 0 saturated heterocycles. The highest BCUT2D eigenvalue weighted by atomic mass is 32.1. The number of anilines is 1. The lowest BCUT2D eigenvalue weighted by molar-refractivity contribution is 0.576. The van der Waals surface area contributed by atoms with Gasteiger partial charge in [-0.05, 0) is 48.4 Å². The summed E-state index contributed by atoms with van der Waals surface area (Å²) in [5, 5.41) is 0. The van der Waals surface area contributed by atoms with E-state index in [2.05, 4.69) is 9.97 Å². The van der Waals surface area contributed by atoms with Crippen molar-refractivity contribution in [3.8, 4) is 32.0 Å². The minimum atomic E-state index is -0.892. The molecule has 0 fully saturated rings. The normalized spacial score (nSPS) is 11.0. The van der Waals surface area contributed by atoms with E-state index in [9.17, 15) is 13.2 Å². The van der Waals surface area contributed by atoms with Crippen molar-refractivity contribution >= 4 is 17.2 Å². The van der Waals surface area contributed by atoms with Crippen molar-refractivity contribution in [2.24, 2.45) is 0 Å². The summed E-state index contributed by atoms with van der Waals surface area (Å²) in [4.78, 5) is 8.84. The van der Waals surface area contributed by atoms with E-state index in [0.29, 0.717) is 4.88 Å². The molecule has 2 N–H and O–H groups in total. The third-order valence-corrected chi connectivity index (χ3v) is 5.55. The monoisotopic (exact) mass is 397 g/mol. The van der Waals surface area contributed by atoms with Gasteiger partial charge in [-0.15, -0.1) is 11.3 Å². The Morgan fingerprint density at radius 3 is 2.25 bits per heavy atom. The van der Waals surface area contributed by atoms with Gasteiger partial charge in [0, 0.05) is 27.7 Å². The molecule has 0 unspecified atom stereocenters. The van der Waals surface area contributed by atoms with Crippen LogP contribution in [0.15, 0.2) is 54.9 Å². The zero-order valence-corrected chi connectivity index (χ0v) is 15.5. The average Bonchev–Trinajstić information content (AvgIpc) is 3.13. The van der Waals surface area contributed by atoms with E-state index >= 15 is 0 Å². The molecule has 3 heterocycles. The molecule has 0 bridgehead atoms. The highest BCUT2D eigenvalue weighted by Gasteiger charge is 2.22. The van der Waals surface area contributed by atoms with E-state index in [1.54, 1.807) is 42.7 Å². The van der Waals surface area contributed by atoms with Gasteiger partial charge in [0.05, 0.1) is 11.3 Å². The number of aromatic nitrogens is 2. The summed E-state index contributed by atoms with van der Waals surface area (Å²) in [6.45, 7) is 1.44. The first kappa shape index (κ1) is 18.2. The summed E-state index contributed by atoms with van der Waals surface area (Å²) in [7, 11) is 0. The third kappa shape index (κ3) is 3.14. The Bertz CT molecular complexity index is 1130. The van der Waals surface area contributed by atoms with Crippen molar-refractivity contribution in [2.75, 3.05) is 5.73 Å². The summed E-state index contributed by atoms with van der Waals surface area (Å²) in [6, 6.07) is 11.3. The molecular formula is C21H14F3N3S. The molecule has 0 saturated carbocycles. The summed E-state index contributed by atoms with van der Waals surface area (Å²) in [5.74, 6) is -2.35. The largest absolute Gasteiger partial charge is 0.381 e. The molecular weight excluding hydrogens is 383 g/mol. The van der Waals surface area contributed by atoms with E-state index in [1.165, 1.54) is 30.4 Å². The number of nitrogens with zero attached hydrogens (tertiary/aromatic N) is 2. The number of thiophene rings is 1. The molecule has 0 aliphatic rings. The minimum Gasteiger partial charge on any atom is -0.381 e. The third-order valence-electron chi connectivity index (χ3n) is 4.35. The first-order valence-corrected chi connectivity index (χ1v) is 9.19. The number of benzene rings is 1. The Hall–Kier alpha value is -3.19. The maximum atomic E-state index is 14.7. The second-order valence-electron chi connectivity index (χ2n) is 6.18. The molecule has 1 aromatic carbocycles. The molecule has 140 valence electrons. The topological polar surface area (TPSA) is 51.8 Å². The van der Waals surface area contributed by atoms with Crippen LogP contribution in [-0.2, 0) is 0 Å². The van der Waals surface area contributed by atoms with Crippen LogP contribution >= 0.6 is 11.3 Å². The van der Waals surface area contributed by atoms with Crippen LogP contribution in [0.5, 0.6) is 0 Å². The number of aryl methyl sites for hydroxylation is 1. The number of rotatable bonds is 3. The minimum absolute atomic E-state index is 0.0242. The lowest BCUT2D eigenvalue weighted by Gasteiger charge is -2.07. The van der Waals surface area contributed by atoms with Crippen LogP contribution in [0.4, 0.5) is 19.0 Å². The van der Waals surface area contributed by atoms with Crippen LogP contribution in [0, 0.1) is 24.4 Å². The highest BCUT2D eigenvalue weighted by Crippen LogP contribution is 2.45. The first-order chi connectivity index (χ1) is 13.5. The van der Waals surface area contributed by atoms with Crippen LogP contribution in [0.1, 0.15) is 5.69 Å². The summed E-state index contributed by atoms with van der Waals surface area (Å²) >= 11 is 1.21. The highest BCUT2D eigenvalue weighted by molar-refractivity contribution is 7.19. The molecule has 0 aliphatic heterocycles. The van der Waals surface area contributed by atoms with Gasteiger partial charge in [0.1, 0.15) is 5.82 Å². The standard InChI is InChI=1S/C21H14F3N3S/c1-11-18(23)17(19(24)21(25)27-11)16-10-15(12-6-8-26-9-7-12)20(28-16)13-2-4-14(22)5-3-13/h2-10H,1H3,(H2,25,27). The summed E-state index contributed by atoms with van der Waals surface area (Å²) in [6.07, 6.45) is 3.27. The fourth-order valence-corrected chi connectivity index (χ4v) is 4.19. The Kier molecular flexibility index (Phi) is 4.60. The first-order valence-electron chi connectivity index (χ1n) is 8.37. The van der Waals surface area contributed by atoms with Gasteiger partial charge in [-0.25, -0.2) is 18.2 Å². The number of nitrogens with two attached hydrogens (primary N) is 1. The zero-order valence-electron chi connectivity index (χ0n) is 14.7. The fourth-order valence-electron chi connectivity index (χ4n) is 2.98. The van der Waals surface area contributed by atoms with Gasteiger partial charge in [0.2, 0.25) is 0 Å². The van der Waals surface area contributed by atoms with Crippen molar-refractivity contribution in [1.82, 2.24) is 9.97 Å². The number of hydrogen-bond donors (Lipinski definition) is 1. The number of pyridine rings is 2. The van der Waals surface area contributed by atoms with E-state index in [0.717, 1.165) is 21.6 Å². The van der Waals surface area contributed by atoms with Crippen LogP contribution < -0.4 is 5.73 Å². The van der Waals surface area contributed by atoms with Gasteiger partial charge in [0.25, 0.3) is 0 Å². The second-order valence-corrected chi connectivity index (χ2v) is 7.23. The van der Waals surface area contributed by atoms with Crippen molar-refractivity contribution in [2.45, 2.75) is 6.92 Å². The van der Waals surface area contributed by atoms with E-state index < -0.39 is 11.6 Å². The van der Waals surface area contributed by atoms with E-state index in [-0.39, 0.29) is 22.9 Å². The quantitative estimate of drug-likeness (QED) is 0.472. The Labute approximate surface area is 163 Å². The number of nitrogen functional groups attached to an aromatic ring is 1. The molecule has 0 aliphatic carbocycles. The fraction of sp³-hybridized carbons (Fsp3) is 0.0476. The van der Waals surface area contributed by atoms with Crippen LogP contribution in [0.3, 0.4) is 0 Å². The average molecular weight is 397 g/mol. The molecule has 3 nitrogen and oxygen atoms in total. The predicted molar refractivity (Wildman–Crippen MR) is 105 cm³/mol. The lowest BCUT2D eigenvalue weighted by atomic mass is 10.0. The van der Waals surface area contributed by atoms with Crippen molar-refractivity contribution < 1.29 is 13.2 Å². The van der Waals surface area contributed by atoms with E-state index in [1.807, 2.05) is 0 Å². The molecule has 28 heavy (non-hydrogen) atoms. The van der Waals surface area contributed by atoms with Crippen LogP contribution in [0.25, 0.3) is 32.0 Å². The maximum absolute atomic E-state index is 14.7. The van der Waals surface area contributed by atoms with Crippen molar-refractivity contribution in [3.05, 3.63) is 78.0 Å². The van der Waals surface area contributed by atoms with Gasteiger partial charge < -0.3 is 5.73 Å². The van der Waals surface area contributed by atoms with Crippen LogP contribution in [0.2, 0.25) is 0 Å². The molecule has 0 amide bonds. The maximum Gasteiger partial charge on any atom is 0.176 e. The number of halogens is 3. The van der Waals surface area contributed by atoms with Crippen molar-refractivity contribution in [3.63, 3.8) is 0 Å². The second kappa shape index (κ2) is 7.09. The summed E-state index contributed by atoms with van der Waals surface area (Å²) < 4.78 is 42.7. The molecule has 7 heteroatoms. The Morgan fingerprint density at radius 1 is 0.893 bits per heavy atom. The Balaban J connectivity index is 1.98. The molecule has 0 atom stereocenters. The SMILES string of the molecule is Cc1nc(N)c(F)c(-c2cc(-c3ccncc3)c(-c3ccc(F)cc3)s2)c1F. The van der Waals surface area contributed by atoms with Gasteiger partial charge in [-0.3, -0.25) is 4.98 Å². The Morgan fingerprint density at radius 2 is 1.57 bits per heavy atom. The zero-order chi connectivity index (χ0) is 19.8. The molecule has 4 rings (SSSR count). The van der Waals surface area contributed by atoms with Crippen LogP contribution in [-0.4, -0.2) is 9.97 Å². The molecule has 0 radical (unpaired) electrons. The van der Waals surface area contributed by atoms with Gasteiger partial charge in [-0.2, -0.15) is 0 Å². The van der Waals surface area contributed by atoms with Gasteiger partial charge >= 0.3 is 0 Å². The molecule has 4 aromatic rings. The smallest absolute Gasteiger partial charge is 0.176 e. The summed E-state index contributed by atoms with van der Waals surface area (Å²) in [5.41, 5.74) is 7.76. The lowest BCUT2D eigenvalue weighted by Crippen LogP contribution is -2.03. The number of hydrogen-bond acceptors (Lipinski definition) is 4.